The van der Waals surface area contributed by atoms with E-state index in [9.17, 15) is 9.59 Å². The van der Waals surface area contributed by atoms with Crippen molar-refractivity contribution in [3.05, 3.63) is 88.3 Å². The molecule has 1 atom stereocenters. The molecule has 0 saturated carbocycles. The van der Waals surface area contributed by atoms with Gasteiger partial charge in [-0.1, -0.05) is 36.4 Å². The number of furan rings is 1. The summed E-state index contributed by atoms with van der Waals surface area (Å²) in [6.45, 7) is 3.54. The summed E-state index contributed by atoms with van der Waals surface area (Å²) in [5, 5.41) is 0.357. The lowest BCUT2D eigenvalue weighted by atomic mass is 10.1. The molecule has 4 aromatic rings. The Bertz CT molecular complexity index is 1220. The maximum Gasteiger partial charge on any atom is 0.347 e. The molecule has 4 rings (SSSR count). The molecule has 0 aliphatic carbocycles. The van der Waals surface area contributed by atoms with E-state index in [0.29, 0.717) is 16.7 Å². The summed E-state index contributed by atoms with van der Waals surface area (Å²) in [6.07, 6.45) is 0.449. The minimum absolute atomic E-state index is 0.0922. The van der Waals surface area contributed by atoms with Crippen molar-refractivity contribution < 1.29 is 23.1 Å². The molecule has 30 heavy (non-hydrogen) atoms. The van der Waals surface area contributed by atoms with Gasteiger partial charge in [0.05, 0.1) is 11.6 Å². The molecule has 6 nitrogen and oxygen atoms in total. The van der Waals surface area contributed by atoms with Crippen molar-refractivity contribution in [2.45, 2.75) is 26.6 Å². The average molecular weight is 404 g/mol. The summed E-state index contributed by atoms with van der Waals surface area (Å²) in [4.78, 5) is 25.5. The van der Waals surface area contributed by atoms with Crippen molar-refractivity contribution in [2.24, 2.45) is 0 Å². The number of benzene rings is 2. The Balaban J connectivity index is 1.64. The molecular weight excluding hydrogens is 384 g/mol. The third-order valence-corrected chi connectivity index (χ3v) is 4.60. The topological polar surface area (TPSA) is 78.9 Å². The van der Waals surface area contributed by atoms with E-state index in [1.54, 1.807) is 24.3 Å². The maximum absolute atomic E-state index is 13.1. The first kappa shape index (κ1) is 19.5. The third-order valence-electron chi connectivity index (χ3n) is 4.60. The number of fused-ring (bicyclic) bond motifs is 1. The van der Waals surface area contributed by atoms with E-state index >= 15 is 0 Å². The Labute approximate surface area is 172 Å². The van der Waals surface area contributed by atoms with Gasteiger partial charge in [-0.05, 0) is 49.2 Å². The number of esters is 1. The van der Waals surface area contributed by atoms with Crippen molar-refractivity contribution in [1.82, 2.24) is 0 Å². The zero-order chi connectivity index (χ0) is 21.1. The molecule has 0 saturated heterocycles. The van der Waals surface area contributed by atoms with E-state index in [4.69, 9.17) is 18.3 Å². The van der Waals surface area contributed by atoms with E-state index in [1.165, 1.54) is 13.2 Å². The minimum atomic E-state index is -1.02. The predicted molar refractivity (Wildman–Crippen MR) is 111 cm³/mol. The highest BCUT2D eigenvalue weighted by Gasteiger charge is 2.25. The summed E-state index contributed by atoms with van der Waals surface area (Å²) in [5.74, 6) is -0.223. The standard InChI is InChI=1S/C24H20O6/c1-15-10-11-18-20(13-15)30-22(19-9-6-12-27-19)23(21(18)25)29-16(2)24(26)28-14-17-7-4-3-5-8-17/h3-13,16H,14H2,1-2H3. The molecule has 0 N–H and O–H groups in total. The van der Waals surface area contributed by atoms with Gasteiger partial charge in [-0.3, -0.25) is 4.79 Å². The number of rotatable bonds is 6. The molecule has 2 heterocycles. The smallest absolute Gasteiger partial charge is 0.347 e. The van der Waals surface area contributed by atoms with Gasteiger partial charge < -0.3 is 18.3 Å². The first-order valence-corrected chi connectivity index (χ1v) is 9.51. The Morgan fingerprint density at radius 2 is 1.87 bits per heavy atom. The predicted octanol–water partition coefficient (Wildman–Crippen LogP) is 4.87. The van der Waals surface area contributed by atoms with Gasteiger partial charge in [0.1, 0.15) is 12.2 Å². The number of carbonyl (C=O) groups is 1. The van der Waals surface area contributed by atoms with Gasteiger partial charge in [0.15, 0.2) is 11.9 Å². The number of hydrogen-bond acceptors (Lipinski definition) is 6. The van der Waals surface area contributed by atoms with Crippen LogP contribution in [0.5, 0.6) is 5.75 Å². The van der Waals surface area contributed by atoms with E-state index in [2.05, 4.69) is 0 Å². The van der Waals surface area contributed by atoms with E-state index in [0.717, 1.165) is 11.1 Å². The lowest BCUT2D eigenvalue weighted by Gasteiger charge is -2.15. The summed E-state index contributed by atoms with van der Waals surface area (Å²) in [7, 11) is 0. The monoisotopic (exact) mass is 404 g/mol. The molecule has 1 unspecified atom stereocenters. The van der Waals surface area contributed by atoms with Crippen LogP contribution in [-0.2, 0) is 16.1 Å². The van der Waals surface area contributed by atoms with Gasteiger partial charge in [0.2, 0.25) is 16.9 Å². The second-order valence-corrected chi connectivity index (χ2v) is 6.92. The molecular formula is C24H20O6. The van der Waals surface area contributed by atoms with Crippen LogP contribution < -0.4 is 10.2 Å². The van der Waals surface area contributed by atoms with Crippen LogP contribution in [0.3, 0.4) is 0 Å². The van der Waals surface area contributed by atoms with E-state index < -0.39 is 12.1 Å². The molecule has 6 heteroatoms. The zero-order valence-electron chi connectivity index (χ0n) is 16.6. The largest absolute Gasteiger partial charge is 0.471 e. The minimum Gasteiger partial charge on any atom is -0.471 e. The first-order chi connectivity index (χ1) is 14.5. The fraction of sp³-hybridized carbons (Fsp3) is 0.167. The van der Waals surface area contributed by atoms with Crippen molar-refractivity contribution in [2.75, 3.05) is 0 Å². The Morgan fingerprint density at radius 3 is 2.60 bits per heavy atom. The maximum atomic E-state index is 13.1. The number of aryl methyl sites for hydroxylation is 1. The van der Waals surface area contributed by atoms with Crippen LogP contribution in [0.15, 0.2) is 80.6 Å². The molecule has 0 bridgehead atoms. The van der Waals surface area contributed by atoms with Crippen LogP contribution in [0, 0.1) is 6.92 Å². The summed E-state index contributed by atoms with van der Waals surface area (Å²) in [5.41, 5.74) is 1.83. The number of ether oxygens (including phenoxy) is 2. The van der Waals surface area contributed by atoms with E-state index in [1.807, 2.05) is 43.3 Å². The van der Waals surface area contributed by atoms with Crippen LogP contribution in [-0.4, -0.2) is 12.1 Å². The van der Waals surface area contributed by atoms with Crippen LogP contribution in [0.1, 0.15) is 18.1 Å². The Morgan fingerprint density at radius 1 is 1.07 bits per heavy atom. The van der Waals surface area contributed by atoms with Crippen LogP contribution in [0.25, 0.3) is 22.5 Å². The first-order valence-electron chi connectivity index (χ1n) is 9.51. The molecule has 0 aliphatic rings. The highest BCUT2D eigenvalue weighted by atomic mass is 16.6. The van der Waals surface area contributed by atoms with Gasteiger partial charge in [-0.2, -0.15) is 0 Å². The quantitative estimate of drug-likeness (QED) is 0.427. The second-order valence-electron chi connectivity index (χ2n) is 6.92. The average Bonchev–Trinajstić information content (AvgIpc) is 3.29. The van der Waals surface area contributed by atoms with Crippen molar-refractivity contribution in [3.8, 4) is 17.3 Å². The molecule has 152 valence electrons. The van der Waals surface area contributed by atoms with Gasteiger partial charge >= 0.3 is 5.97 Å². The van der Waals surface area contributed by atoms with Gasteiger partial charge in [0.25, 0.3) is 0 Å². The molecule has 2 aromatic heterocycles. The fourth-order valence-electron chi connectivity index (χ4n) is 3.03. The van der Waals surface area contributed by atoms with E-state index in [-0.39, 0.29) is 23.5 Å². The zero-order valence-corrected chi connectivity index (χ0v) is 16.6. The van der Waals surface area contributed by atoms with Crippen LogP contribution >= 0.6 is 0 Å². The van der Waals surface area contributed by atoms with Gasteiger partial charge in [-0.15, -0.1) is 0 Å². The second kappa shape index (κ2) is 8.29. The Hall–Kier alpha value is -3.80. The lowest BCUT2D eigenvalue weighted by molar-refractivity contribution is -0.152. The van der Waals surface area contributed by atoms with Gasteiger partial charge in [-0.25, -0.2) is 4.79 Å². The third kappa shape index (κ3) is 3.98. The summed E-state index contributed by atoms with van der Waals surface area (Å²) in [6, 6.07) is 17.9. The summed E-state index contributed by atoms with van der Waals surface area (Å²) < 4.78 is 22.4. The van der Waals surface area contributed by atoms with Crippen molar-refractivity contribution >= 4 is 16.9 Å². The SMILES string of the molecule is Cc1ccc2c(=O)c(OC(C)C(=O)OCc3ccccc3)c(-c3ccco3)oc2c1. The molecule has 0 aliphatic heterocycles. The number of hydrogen-bond donors (Lipinski definition) is 0. The number of carbonyl (C=O) groups excluding carboxylic acids is 1. The van der Waals surface area contributed by atoms with Gasteiger partial charge in [0, 0.05) is 0 Å². The molecule has 2 aromatic carbocycles. The molecule has 0 fully saturated rings. The lowest BCUT2D eigenvalue weighted by Crippen LogP contribution is -2.28. The van der Waals surface area contributed by atoms with Crippen molar-refractivity contribution in [1.29, 1.82) is 0 Å². The molecule has 0 radical (unpaired) electrons. The van der Waals surface area contributed by atoms with Crippen LogP contribution in [0.4, 0.5) is 0 Å². The van der Waals surface area contributed by atoms with Crippen LogP contribution in [0.2, 0.25) is 0 Å². The highest BCUT2D eigenvalue weighted by molar-refractivity contribution is 5.82. The Kier molecular flexibility index (Phi) is 5.39. The van der Waals surface area contributed by atoms with Crippen molar-refractivity contribution in [3.63, 3.8) is 0 Å². The molecule has 0 spiro atoms. The summed E-state index contributed by atoms with van der Waals surface area (Å²) >= 11 is 0. The highest BCUT2D eigenvalue weighted by Crippen LogP contribution is 2.32. The molecule has 0 amide bonds. The fourth-order valence-corrected chi connectivity index (χ4v) is 3.03. The normalized spacial score (nSPS) is 11.9.